The van der Waals surface area contributed by atoms with E-state index < -0.39 is 0 Å². The minimum Gasteiger partial charge on any atom is -0.398 e. The van der Waals surface area contributed by atoms with Gasteiger partial charge in [-0.3, -0.25) is 4.90 Å². The van der Waals surface area contributed by atoms with Crippen LogP contribution in [0.5, 0.6) is 0 Å². The second-order valence-electron chi connectivity index (χ2n) is 4.53. The molecule has 0 unspecified atom stereocenters. The Hall–Kier alpha value is -0.710. The van der Waals surface area contributed by atoms with Crippen molar-refractivity contribution in [2.24, 2.45) is 0 Å². The molecule has 4 heteroatoms. The molecule has 1 heterocycles. The summed E-state index contributed by atoms with van der Waals surface area (Å²) < 4.78 is 0. The van der Waals surface area contributed by atoms with Crippen LogP contribution in [0.15, 0.2) is 29.2 Å². The number of nitrogen functional groups attached to an aromatic ring is 1. The highest BCUT2D eigenvalue weighted by Crippen LogP contribution is 2.24. The first-order chi connectivity index (χ1) is 8.25. The van der Waals surface area contributed by atoms with Crippen LogP contribution in [0.1, 0.15) is 0 Å². The fourth-order valence-corrected chi connectivity index (χ4v) is 2.95. The number of likely N-dealkylation sites (N-methyl/N-ethyl adjacent to an activating group) is 1. The number of hydrogen-bond acceptors (Lipinski definition) is 4. The van der Waals surface area contributed by atoms with Crippen LogP contribution in [-0.4, -0.2) is 55.3 Å². The van der Waals surface area contributed by atoms with Gasteiger partial charge in [0.25, 0.3) is 0 Å². The molecular weight excluding hydrogens is 230 g/mol. The fourth-order valence-electron chi connectivity index (χ4n) is 1.97. The van der Waals surface area contributed by atoms with Gasteiger partial charge in [0.05, 0.1) is 0 Å². The Balaban J connectivity index is 1.71. The van der Waals surface area contributed by atoms with E-state index in [0.29, 0.717) is 0 Å². The summed E-state index contributed by atoms with van der Waals surface area (Å²) in [6.45, 7) is 5.94. The second kappa shape index (κ2) is 6.28. The van der Waals surface area contributed by atoms with Gasteiger partial charge >= 0.3 is 0 Å². The van der Waals surface area contributed by atoms with Gasteiger partial charge in [0.15, 0.2) is 0 Å². The third kappa shape index (κ3) is 3.91. The fraction of sp³-hybridized carbons (Fsp3) is 0.538. The number of benzene rings is 1. The Morgan fingerprint density at radius 2 is 1.88 bits per heavy atom. The summed E-state index contributed by atoms with van der Waals surface area (Å²) in [6.07, 6.45) is 0. The van der Waals surface area contributed by atoms with Crippen molar-refractivity contribution in [3.63, 3.8) is 0 Å². The predicted molar refractivity (Wildman–Crippen MR) is 75.5 cm³/mol. The molecule has 3 nitrogen and oxygen atoms in total. The Morgan fingerprint density at radius 3 is 2.59 bits per heavy atom. The Morgan fingerprint density at radius 1 is 1.18 bits per heavy atom. The van der Waals surface area contributed by atoms with Crippen molar-refractivity contribution < 1.29 is 0 Å². The van der Waals surface area contributed by atoms with Crippen LogP contribution in [-0.2, 0) is 0 Å². The lowest BCUT2D eigenvalue weighted by Crippen LogP contribution is -2.45. The SMILES string of the molecule is CN1CCN(CCSc2ccccc2N)CC1. The molecule has 1 aliphatic rings. The average molecular weight is 251 g/mol. The van der Waals surface area contributed by atoms with Crippen molar-refractivity contribution >= 4 is 17.4 Å². The molecule has 0 amide bonds. The van der Waals surface area contributed by atoms with Gasteiger partial charge in [-0.25, -0.2) is 0 Å². The number of nitrogens with zero attached hydrogens (tertiary/aromatic N) is 2. The lowest BCUT2D eigenvalue weighted by atomic mass is 10.3. The number of anilines is 1. The first-order valence-corrected chi connectivity index (χ1v) is 7.12. The molecule has 0 atom stereocenters. The molecule has 1 aliphatic heterocycles. The molecule has 1 aromatic carbocycles. The van der Waals surface area contributed by atoms with Gasteiger partial charge in [0, 0.05) is 49.1 Å². The van der Waals surface area contributed by atoms with E-state index >= 15 is 0 Å². The third-order valence-corrected chi connectivity index (χ3v) is 4.25. The predicted octanol–water partition coefficient (Wildman–Crippen LogP) is 1.61. The minimum atomic E-state index is 0.899. The largest absolute Gasteiger partial charge is 0.398 e. The first kappa shape index (κ1) is 12.7. The van der Waals surface area contributed by atoms with Gasteiger partial charge in [-0.15, -0.1) is 11.8 Å². The Bertz CT molecular complexity index is 348. The standard InChI is InChI=1S/C13H21N3S/c1-15-6-8-16(9-7-15)10-11-17-13-5-3-2-4-12(13)14/h2-5H,6-11,14H2,1H3. The number of hydrogen-bond donors (Lipinski definition) is 1. The average Bonchev–Trinajstić information content (AvgIpc) is 2.34. The zero-order valence-electron chi connectivity index (χ0n) is 10.4. The van der Waals surface area contributed by atoms with E-state index in [0.717, 1.165) is 18.0 Å². The molecule has 17 heavy (non-hydrogen) atoms. The summed E-state index contributed by atoms with van der Waals surface area (Å²) >= 11 is 1.86. The van der Waals surface area contributed by atoms with Crippen molar-refractivity contribution in [3.05, 3.63) is 24.3 Å². The minimum absolute atomic E-state index is 0.899. The summed E-state index contributed by atoms with van der Waals surface area (Å²) in [7, 11) is 2.19. The van der Waals surface area contributed by atoms with Crippen LogP contribution in [0.25, 0.3) is 0 Å². The highest BCUT2D eigenvalue weighted by molar-refractivity contribution is 7.99. The highest BCUT2D eigenvalue weighted by Gasteiger charge is 2.13. The molecule has 2 N–H and O–H groups in total. The van der Waals surface area contributed by atoms with E-state index in [1.807, 2.05) is 23.9 Å². The van der Waals surface area contributed by atoms with E-state index in [1.54, 1.807) is 0 Å². The van der Waals surface area contributed by atoms with Gasteiger partial charge in [-0.2, -0.15) is 0 Å². The summed E-state index contributed by atoms with van der Waals surface area (Å²) in [6, 6.07) is 8.11. The smallest absolute Gasteiger partial charge is 0.0452 e. The maximum atomic E-state index is 5.92. The number of thioether (sulfide) groups is 1. The second-order valence-corrected chi connectivity index (χ2v) is 5.67. The number of rotatable bonds is 4. The van der Waals surface area contributed by atoms with E-state index in [1.165, 1.54) is 31.1 Å². The van der Waals surface area contributed by atoms with Gasteiger partial charge < -0.3 is 10.6 Å². The molecule has 0 spiro atoms. The van der Waals surface area contributed by atoms with Gasteiger partial charge in [0.1, 0.15) is 0 Å². The lowest BCUT2D eigenvalue weighted by molar-refractivity contribution is 0.161. The van der Waals surface area contributed by atoms with Crippen molar-refractivity contribution in [2.45, 2.75) is 4.90 Å². The van der Waals surface area contributed by atoms with Crippen molar-refractivity contribution in [3.8, 4) is 0 Å². The zero-order valence-corrected chi connectivity index (χ0v) is 11.2. The van der Waals surface area contributed by atoms with Crippen LogP contribution in [0.3, 0.4) is 0 Å². The summed E-state index contributed by atoms with van der Waals surface area (Å²) in [4.78, 5) is 6.13. The highest BCUT2D eigenvalue weighted by atomic mass is 32.2. The molecule has 0 saturated carbocycles. The van der Waals surface area contributed by atoms with Crippen LogP contribution >= 0.6 is 11.8 Å². The number of nitrogens with two attached hydrogens (primary N) is 1. The van der Waals surface area contributed by atoms with E-state index in [4.69, 9.17) is 5.73 Å². The van der Waals surface area contributed by atoms with Crippen molar-refractivity contribution in [1.29, 1.82) is 0 Å². The van der Waals surface area contributed by atoms with Crippen LogP contribution in [0.4, 0.5) is 5.69 Å². The van der Waals surface area contributed by atoms with Gasteiger partial charge in [-0.1, -0.05) is 12.1 Å². The zero-order chi connectivity index (χ0) is 12.1. The topological polar surface area (TPSA) is 32.5 Å². The third-order valence-electron chi connectivity index (χ3n) is 3.18. The Kier molecular flexibility index (Phi) is 4.71. The van der Waals surface area contributed by atoms with E-state index in [-0.39, 0.29) is 0 Å². The molecule has 1 saturated heterocycles. The number of piperazine rings is 1. The molecule has 94 valence electrons. The summed E-state index contributed by atoms with van der Waals surface area (Å²) in [5.74, 6) is 1.12. The first-order valence-electron chi connectivity index (χ1n) is 6.14. The molecule has 0 aliphatic carbocycles. The molecule has 1 aromatic rings. The molecule has 0 aromatic heterocycles. The van der Waals surface area contributed by atoms with E-state index in [2.05, 4.69) is 29.0 Å². The molecule has 2 rings (SSSR count). The van der Waals surface area contributed by atoms with Crippen molar-refractivity contribution in [2.75, 3.05) is 51.3 Å². The number of para-hydroxylation sites is 1. The van der Waals surface area contributed by atoms with E-state index in [9.17, 15) is 0 Å². The Labute approximate surface area is 108 Å². The van der Waals surface area contributed by atoms with Crippen LogP contribution in [0, 0.1) is 0 Å². The maximum Gasteiger partial charge on any atom is 0.0452 e. The molecule has 1 fully saturated rings. The quantitative estimate of drug-likeness (QED) is 0.651. The monoisotopic (exact) mass is 251 g/mol. The van der Waals surface area contributed by atoms with Gasteiger partial charge in [-0.05, 0) is 19.2 Å². The van der Waals surface area contributed by atoms with Crippen molar-refractivity contribution in [1.82, 2.24) is 9.80 Å². The molecule has 0 radical (unpaired) electrons. The molecular formula is C13H21N3S. The lowest BCUT2D eigenvalue weighted by Gasteiger charge is -2.32. The summed E-state index contributed by atoms with van der Waals surface area (Å²) in [5.41, 5.74) is 6.82. The normalized spacial score (nSPS) is 18.4. The van der Waals surface area contributed by atoms with Crippen LogP contribution in [0.2, 0.25) is 0 Å². The van der Waals surface area contributed by atoms with Gasteiger partial charge in [0.2, 0.25) is 0 Å². The van der Waals surface area contributed by atoms with Crippen LogP contribution < -0.4 is 5.73 Å². The molecule has 0 bridgehead atoms. The maximum absolute atomic E-state index is 5.92. The summed E-state index contributed by atoms with van der Waals surface area (Å²) in [5, 5.41) is 0.